The fourth-order valence-electron chi connectivity index (χ4n) is 1.80. The van der Waals surface area contributed by atoms with E-state index in [0.29, 0.717) is 17.0 Å². The zero-order chi connectivity index (χ0) is 14.9. The Labute approximate surface area is 117 Å². The van der Waals surface area contributed by atoms with E-state index in [9.17, 15) is 9.59 Å². The molecule has 1 unspecified atom stereocenters. The number of hydrogen-bond donors (Lipinski definition) is 2. The van der Waals surface area contributed by atoms with Crippen LogP contribution in [-0.2, 0) is 14.3 Å². The normalized spacial score (nSPS) is 15.7. The molecule has 1 atom stereocenters. The van der Waals surface area contributed by atoms with Gasteiger partial charge in [0.15, 0.2) is 6.61 Å². The maximum atomic E-state index is 11.9. The van der Waals surface area contributed by atoms with Crippen molar-refractivity contribution in [1.29, 1.82) is 0 Å². The molecule has 1 aromatic carbocycles. The van der Waals surface area contributed by atoms with E-state index in [1.165, 1.54) is 0 Å². The zero-order valence-corrected chi connectivity index (χ0v) is 11.7. The Morgan fingerprint density at radius 3 is 2.80 bits per heavy atom. The van der Waals surface area contributed by atoms with Gasteiger partial charge in [-0.3, -0.25) is 4.79 Å². The third kappa shape index (κ3) is 3.27. The van der Waals surface area contributed by atoms with Crippen molar-refractivity contribution < 1.29 is 19.1 Å². The van der Waals surface area contributed by atoms with Crippen LogP contribution in [-0.4, -0.2) is 24.1 Å². The van der Waals surface area contributed by atoms with Gasteiger partial charge in [-0.1, -0.05) is 6.07 Å². The first-order valence-corrected chi connectivity index (χ1v) is 6.31. The first-order valence-electron chi connectivity index (χ1n) is 6.31. The van der Waals surface area contributed by atoms with Gasteiger partial charge >= 0.3 is 5.97 Å². The Balaban J connectivity index is 2.19. The van der Waals surface area contributed by atoms with Gasteiger partial charge in [0.1, 0.15) is 17.4 Å². The summed E-state index contributed by atoms with van der Waals surface area (Å²) in [5.41, 5.74) is 6.36. The van der Waals surface area contributed by atoms with Crippen LogP contribution in [0.5, 0.6) is 5.75 Å². The van der Waals surface area contributed by atoms with Gasteiger partial charge in [-0.05, 0) is 38.5 Å². The lowest BCUT2D eigenvalue weighted by molar-refractivity contribution is -0.156. The number of rotatable bonds is 2. The van der Waals surface area contributed by atoms with Crippen LogP contribution in [0, 0.1) is 0 Å². The smallest absolute Gasteiger partial charge is 0.328 e. The van der Waals surface area contributed by atoms with Crippen LogP contribution in [0.15, 0.2) is 18.2 Å². The highest BCUT2D eigenvalue weighted by Crippen LogP contribution is 2.30. The number of esters is 1. The van der Waals surface area contributed by atoms with Crippen LogP contribution in [0.1, 0.15) is 32.4 Å². The van der Waals surface area contributed by atoms with Crippen molar-refractivity contribution in [3.05, 3.63) is 23.8 Å². The molecule has 0 spiro atoms. The summed E-state index contributed by atoms with van der Waals surface area (Å²) >= 11 is 0. The largest absolute Gasteiger partial charge is 0.482 e. The van der Waals surface area contributed by atoms with Crippen molar-refractivity contribution in [2.45, 2.75) is 32.4 Å². The predicted octanol–water partition coefficient (Wildman–Crippen LogP) is 1.36. The van der Waals surface area contributed by atoms with Crippen molar-refractivity contribution in [3.8, 4) is 5.75 Å². The summed E-state index contributed by atoms with van der Waals surface area (Å²) in [5, 5.41) is 2.67. The summed E-state index contributed by atoms with van der Waals surface area (Å²) in [7, 11) is 0. The van der Waals surface area contributed by atoms with Gasteiger partial charge in [0, 0.05) is 0 Å². The van der Waals surface area contributed by atoms with Gasteiger partial charge < -0.3 is 20.5 Å². The van der Waals surface area contributed by atoms with E-state index in [0.717, 1.165) is 0 Å². The molecule has 1 aromatic rings. The SMILES string of the molecule is CC(C)(C)OC(=O)C(N)c1ccc2c(c1)NC(=O)CO2. The van der Waals surface area contributed by atoms with Gasteiger partial charge in [-0.2, -0.15) is 0 Å². The Morgan fingerprint density at radius 2 is 2.15 bits per heavy atom. The van der Waals surface area contributed by atoms with Crippen LogP contribution in [0.4, 0.5) is 5.69 Å². The quantitative estimate of drug-likeness (QED) is 0.797. The highest BCUT2D eigenvalue weighted by Gasteiger charge is 2.25. The van der Waals surface area contributed by atoms with Crippen LogP contribution < -0.4 is 15.8 Å². The summed E-state index contributed by atoms with van der Waals surface area (Å²) < 4.78 is 10.5. The number of nitrogens with two attached hydrogens (primary N) is 1. The monoisotopic (exact) mass is 278 g/mol. The topological polar surface area (TPSA) is 90.6 Å². The van der Waals surface area contributed by atoms with Crippen molar-refractivity contribution in [2.75, 3.05) is 11.9 Å². The summed E-state index contributed by atoms with van der Waals surface area (Å²) in [6.07, 6.45) is 0. The van der Waals surface area contributed by atoms with E-state index in [2.05, 4.69) is 5.32 Å². The van der Waals surface area contributed by atoms with Crippen molar-refractivity contribution in [3.63, 3.8) is 0 Å². The number of benzene rings is 1. The highest BCUT2D eigenvalue weighted by atomic mass is 16.6. The van der Waals surface area contributed by atoms with Gasteiger partial charge in [0.05, 0.1) is 5.69 Å². The molecule has 0 bridgehead atoms. The molecule has 108 valence electrons. The number of ether oxygens (including phenoxy) is 2. The van der Waals surface area contributed by atoms with Gasteiger partial charge in [0.25, 0.3) is 5.91 Å². The lowest BCUT2D eigenvalue weighted by Gasteiger charge is -2.23. The predicted molar refractivity (Wildman–Crippen MR) is 73.3 cm³/mol. The van der Waals surface area contributed by atoms with Crippen molar-refractivity contribution in [1.82, 2.24) is 0 Å². The lowest BCUT2D eigenvalue weighted by Crippen LogP contribution is -2.32. The van der Waals surface area contributed by atoms with E-state index in [4.69, 9.17) is 15.2 Å². The molecule has 20 heavy (non-hydrogen) atoms. The number of hydrogen-bond acceptors (Lipinski definition) is 5. The molecule has 2 rings (SSSR count). The standard InChI is InChI=1S/C14H18N2O4/c1-14(2,3)20-13(18)12(15)8-4-5-10-9(6-8)16-11(17)7-19-10/h4-6,12H,7,15H2,1-3H3,(H,16,17). The third-order valence-electron chi connectivity index (χ3n) is 2.66. The summed E-state index contributed by atoms with van der Waals surface area (Å²) in [4.78, 5) is 23.2. The Kier molecular flexibility index (Phi) is 3.67. The number of amides is 1. The van der Waals surface area contributed by atoms with E-state index in [-0.39, 0.29) is 12.5 Å². The third-order valence-corrected chi connectivity index (χ3v) is 2.66. The minimum atomic E-state index is -0.904. The van der Waals surface area contributed by atoms with Crippen molar-refractivity contribution in [2.24, 2.45) is 5.73 Å². The molecule has 0 saturated carbocycles. The lowest BCUT2D eigenvalue weighted by atomic mass is 10.1. The summed E-state index contributed by atoms with van der Waals surface area (Å²) in [6.45, 7) is 5.32. The maximum Gasteiger partial charge on any atom is 0.328 e. The van der Waals surface area contributed by atoms with E-state index in [1.807, 2.05) is 0 Å². The van der Waals surface area contributed by atoms with Gasteiger partial charge in [-0.15, -0.1) is 0 Å². The molecule has 1 amide bonds. The summed E-state index contributed by atoms with van der Waals surface area (Å²) in [6, 6.07) is 4.08. The second kappa shape index (κ2) is 5.13. The van der Waals surface area contributed by atoms with Crippen LogP contribution in [0.3, 0.4) is 0 Å². The minimum Gasteiger partial charge on any atom is -0.482 e. The Hall–Kier alpha value is -2.08. The zero-order valence-electron chi connectivity index (χ0n) is 11.7. The molecule has 3 N–H and O–H groups in total. The minimum absolute atomic E-state index is 0.00946. The number of carbonyl (C=O) groups excluding carboxylic acids is 2. The summed E-state index contributed by atoms with van der Waals surface area (Å²) in [5.74, 6) is -0.189. The fourth-order valence-corrected chi connectivity index (χ4v) is 1.80. The molecule has 6 heteroatoms. The first-order chi connectivity index (χ1) is 9.26. The number of carbonyl (C=O) groups is 2. The number of anilines is 1. The molecular formula is C14H18N2O4. The molecule has 1 heterocycles. The van der Waals surface area contributed by atoms with Crippen LogP contribution in [0.2, 0.25) is 0 Å². The molecule has 0 aromatic heterocycles. The molecule has 1 aliphatic rings. The highest BCUT2D eigenvalue weighted by molar-refractivity contribution is 5.95. The molecular weight excluding hydrogens is 260 g/mol. The molecule has 6 nitrogen and oxygen atoms in total. The fraction of sp³-hybridized carbons (Fsp3) is 0.429. The molecule has 0 fully saturated rings. The number of nitrogens with one attached hydrogen (secondary N) is 1. The second-order valence-electron chi connectivity index (χ2n) is 5.60. The average Bonchev–Trinajstić information content (AvgIpc) is 2.34. The van der Waals surface area contributed by atoms with E-state index < -0.39 is 17.6 Å². The molecule has 1 aliphatic heterocycles. The molecule has 0 radical (unpaired) electrons. The van der Waals surface area contributed by atoms with Gasteiger partial charge in [0.2, 0.25) is 0 Å². The van der Waals surface area contributed by atoms with Gasteiger partial charge in [-0.25, -0.2) is 4.79 Å². The van der Waals surface area contributed by atoms with E-state index in [1.54, 1.807) is 39.0 Å². The average molecular weight is 278 g/mol. The van der Waals surface area contributed by atoms with E-state index >= 15 is 0 Å². The second-order valence-corrected chi connectivity index (χ2v) is 5.60. The maximum absolute atomic E-state index is 11.9. The Morgan fingerprint density at radius 1 is 1.45 bits per heavy atom. The number of fused-ring (bicyclic) bond motifs is 1. The first kappa shape index (κ1) is 14.3. The molecule has 0 aliphatic carbocycles. The van der Waals surface area contributed by atoms with Crippen LogP contribution in [0.25, 0.3) is 0 Å². The molecule has 0 saturated heterocycles. The van der Waals surface area contributed by atoms with Crippen molar-refractivity contribution >= 4 is 17.6 Å². The van der Waals surface area contributed by atoms with Crippen LogP contribution >= 0.6 is 0 Å². The Bertz CT molecular complexity index is 549.